The van der Waals surface area contributed by atoms with Gasteiger partial charge in [0, 0.05) is 20.8 Å². The Morgan fingerprint density at radius 2 is 1.88 bits per heavy atom. The first-order chi connectivity index (χ1) is 8.29. The molecule has 3 heteroatoms. The molecule has 0 radical (unpaired) electrons. The van der Waals surface area contributed by atoms with Gasteiger partial charge in [-0.3, -0.25) is 0 Å². The SMILES string of the molecule is CNCc1ccc(Br)cc1Sc1ccccc1. The fraction of sp³-hybridized carbons (Fsp3) is 0.143. The number of benzene rings is 2. The average molecular weight is 308 g/mol. The lowest BCUT2D eigenvalue weighted by Gasteiger charge is -2.09. The lowest BCUT2D eigenvalue weighted by atomic mass is 10.2. The second-order valence-electron chi connectivity index (χ2n) is 3.70. The summed E-state index contributed by atoms with van der Waals surface area (Å²) in [4.78, 5) is 2.56. The van der Waals surface area contributed by atoms with Crippen molar-refractivity contribution in [2.45, 2.75) is 16.3 Å². The van der Waals surface area contributed by atoms with Gasteiger partial charge in [0.1, 0.15) is 0 Å². The summed E-state index contributed by atoms with van der Waals surface area (Å²) in [5, 5.41) is 3.20. The molecule has 1 nitrogen and oxygen atoms in total. The van der Waals surface area contributed by atoms with Crippen LogP contribution in [0.15, 0.2) is 62.8 Å². The molecule has 0 spiro atoms. The summed E-state index contributed by atoms with van der Waals surface area (Å²) < 4.78 is 1.12. The first-order valence-corrected chi connectivity index (χ1v) is 7.06. The zero-order valence-corrected chi connectivity index (χ0v) is 12.0. The van der Waals surface area contributed by atoms with Gasteiger partial charge in [-0.05, 0) is 36.9 Å². The molecular formula is C14H14BrNS. The van der Waals surface area contributed by atoms with E-state index in [2.05, 4.69) is 63.7 Å². The zero-order chi connectivity index (χ0) is 12.1. The van der Waals surface area contributed by atoms with Crippen molar-refractivity contribution in [3.63, 3.8) is 0 Å². The first-order valence-electron chi connectivity index (χ1n) is 5.45. The molecule has 0 saturated heterocycles. The first kappa shape index (κ1) is 12.7. The quantitative estimate of drug-likeness (QED) is 0.903. The van der Waals surface area contributed by atoms with Crippen molar-refractivity contribution in [3.05, 3.63) is 58.6 Å². The van der Waals surface area contributed by atoms with Gasteiger partial charge in [0.25, 0.3) is 0 Å². The van der Waals surface area contributed by atoms with Crippen LogP contribution in [0.4, 0.5) is 0 Å². The maximum absolute atomic E-state index is 3.53. The van der Waals surface area contributed by atoms with Crippen molar-refractivity contribution in [2.24, 2.45) is 0 Å². The largest absolute Gasteiger partial charge is 0.316 e. The summed E-state index contributed by atoms with van der Waals surface area (Å²) in [5.41, 5.74) is 1.32. The molecule has 0 bridgehead atoms. The molecule has 0 fully saturated rings. The van der Waals surface area contributed by atoms with Crippen LogP contribution >= 0.6 is 27.7 Å². The van der Waals surface area contributed by atoms with E-state index in [0.29, 0.717) is 0 Å². The van der Waals surface area contributed by atoms with Crippen LogP contribution in [-0.4, -0.2) is 7.05 Å². The summed E-state index contributed by atoms with van der Waals surface area (Å²) >= 11 is 5.33. The molecule has 2 aromatic carbocycles. The van der Waals surface area contributed by atoms with Gasteiger partial charge in [-0.1, -0.05) is 52.0 Å². The van der Waals surface area contributed by atoms with Crippen LogP contribution < -0.4 is 5.32 Å². The highest BCUT2D eigenvalue weighted by atomic mass is 79.9. The molecule has 0 aliphatic rings. The lowest BCUT2D eigenvalue weighted by molar-refractivity contribution is 0.803. The van der Waals surface area contributed by atoms with E-state index in [1.54, 1.807) is 11.8 Å². The third kappa shape index (κ3) is 3.60. The molecule has 0 unspecified atom stereocenters. The summed E-state index contributed by atoms with van der Waals surface area (Å²) in [6, 6.07) is 16.9. The fourth-order valence-corrected chi connectivity index (χ4v) is 3.09. The molecule has 0 aromatic heterocycles. The summed E-state index contributed by atoms with van der Waals surface area (Å²) in [6.07, 6.45) is 0. The fourth-order valence-electron chi connectivity index (χ4n) is 1.58. The minimum absolute atomic E-state index is 0.891. The number of halogens is 1. The monoisotopic (exact) mass is 307 g/mol. The number of hydrogen-bond donors (Lipinski definition) is 1. The van der Waals surface area contributed by atoms with E-state index in [1.807, 2.05) is 13.1 Å². The van der Waals surface area contributed by atoms with Crippen molar-refractivity contribution in [1.29, 1.82) is 0 Å². The Balaban J connectivity index is 2.27. The van der Waals surface area contributed by atoms with Crippen molar-refractivity contribution >= 4 is 27.7 Å². The van der Waals surface area contributed by atoms with Crippen molar-refractivity contribution in [2.75, 3.05) is 7.05 Å². The Labute approximate surface area is 115 Å². The maximum Gasteiger partial charge on any atom is 0.0213 e. The van der Waals surface area contributed by atoms with Gasteiger partial charge in [0.15, 0.2) is 0 Å². The standard InChI is InChI=1S/C14H14BrNS/c1-16-10-11-7-8-12(15)9-14(11)17-13-5-3-2-4-6-13/h2-9,16H,10H2,1H3. The third-order valence-corrected chi connectivity index (χ3v) is 3.97. The van der Waals surface area contributed by atoms with E-state index in [4.69, 9.17) is 0 Å². The molecule has 0 heterocycles. The molecule has 17 heavy (non-hydrogen) atoms. The van der Waals surface area contributed by atoms with Crippen LogP contribution in [0.1, 0.15) is 5.56 Å². The van der Waals surface area contributed by atoms with E-state index >= 15 is 0 Å². The van der Waals surface area contributed by atoms with Gasteiger partial charge in [-0.15, -0.1) is 0 Å². The minimum atomic E-state index is 0.891. The molecule has 88 valence electrons. The molecule has 0 aliphatic carbocycles. The summed E-state index contributed by atoms with van der Waals surface area (Å²) in [5.74, 6) is 0. The zero-order valence-electron chi connectivity index (χ0n) is 9.61. The van der Waals surface area contributed by atoms with Crippen molar-refractivity contribution < 1.29 is 0 Å². The van der Waals surface area contributed by atoms with Crippen LogP contribution in [0.2, 0.25) is 0 Å². The number of nitrogens with one attached hydrogen (secondary N) is 1. The molecule has 2 rings (SSSR count). The molecule has 0 saturated carbocycles. The van der Waals surface area contributed by atoms with E-state index in [-0.39, 0.29) is 0 Å². The highest BCUT2D eigenvalue weighted by Gasteiger charge is 2.04. The van der Waals surface area contributed by atoms with Crippen LogP contribution in [-0.2, 0) is 6.54 Å². The van der Waals surface area contributed by atoms with Crippen LogP contribution in [0.25, 0.3) is 0 Å². The molecule has 0 amide bonds. The molecule has 2 aromatic rings. The van der Waals surface area contributed by atoms with E-state index < -0.39 is 0 Å². The molecular weight excluding hydrogens is 294 g/mol. The highest BCUT2D eigenvalue weighted by molar-refractivity contribution is 9.10. The maximum atomic E-state index is 3.53. The Morgan fingerprint density at radius 1 is 1.12 bits per heavy atom. The minimum Gasteiger partial charge on any atom is -0.316 e. The lowest BCUT2D eigenvalue weighted by Crippen LogP contribution is -2.05. The summed E-state index contributed by atoms with van der Waals surface area (Å²) in [6.45, 7) is 0.891. The predicted molar refractivity (Wildman–Crippen MR) is 77.5 cm³/mol. The molecule has 0 aliphatic heterocycles. The van der Waals surface area contributed by atoms with Gasteiger partial charge in [0.05, 0.1) is 0 Å². The van der Waals surface area contributed by atoms with Crippen LogP contribution in [0.3, 0.4) is 0 Å². The topological polar surface area (TPSA) is 12.0 Å². The van der Waals surface area contributed by atoms with Gasteiger partial charge < -0.3 is 5.32 Å². The molecule has 1 N–H and O–H groups in total. The normalized spacial score (nSPS) is 10.5. The number of rotatable bonds is 4. The van der Waals surface area contributed by atoms with Gasteiger partial charge in [0.2, 0.25) is 0 Å². The highest BCUT2D eigenvalue weighted by Crippen LogP contribution is 2.32. The predicted octanol–water partition coefficient (Wildman–Crippen LogP) is 4.32. The van der Waals surface area contributed by atoms with Crippen LogP contribution in [0, 0.1) is 0 Å². The van der Waals surface area contributed by atoms with Crippen LogP contribution in [0.5, 0.6) is 0 Å². The second kappa shape index (κ2) is 6.24. The van der Waals surface area contributed by atoms with E-state index in [1.165, 1.54) is 15.4 Å². The average Bonchev–Trinajstić information content (AvgIpc) is 2.34. The Hall–Kier alpha value is -0.770. The molecule has 0 atom stereocenters. The van der Waals surface area contributed by atoms with Gasteiger partial charge in [-0.2, -0.15) is 0 Å². The Kier molecular flexibility index (Phi) is 4.66. The third-order valence-electron chi connectivity index (χ3n) is 2.37. The van der Waals surface area contributed by atoms with Crippen molar-refractivity contribution in [1.82, 2.24) is 5.32 Å². The second-order valence-corrected chi connectivity index (χ2v) is 5.73. The number of hydrogen-bond acceptors (Lipinski definition) is 2. The Morgan fingerprint density at radius 3 is 2.59 bits per heavy atom. The van der Waals surface area contributed by atoms with Gasteiger partial charge in [-0.25, -0.2) is 0 Å². The van der Waals surface area contributed by atoms with Gasteiger partial charge >= 0.3 is 0 Å². The van der Waals surface area contributed by atoms with E-state index in [0.717, 1.165) is 11.0 Å². The van der Waals surface area contributed by atoms with E-state index in [9.17, 15) is 0 Å². The van der Waals surface area contributed by atoms with Crippen molar-refractivity contribution in [3.8, 4) is 0 Å². The Bertz CT molecular complexity index is 485. The smallest absolute Gasteiger partial charge is 0.0213 e. The summed E-state index contributed by atoms with van der Waals surface area (Å²) in [7, 11) is 1.97.